The molecular weight excluding hydrogens is 236 g/mol. The van der Waals surface area contributed by atoms with E-state index >= 15 is 0 Å². The van der Waals surface area contributed by atoms with Crippen molar-refractivity contribution in [1.29, 1.82) is 0 Å². The SMILES string of the molecule is NCCCCc1cc(Cl)cc2c1NC(=O)CC2. The summed E-state index contributed by atoms with van der Waals surface area (Å²) in [6.07, 6.45) is 4.27. The second kappa shape index (κ2) is 5.52. The summed E-state index contributed by atoms with van der Waals surface area (Å²) in [5.41, 5.74) is 8.75. The van der Waals surface area contributed by atoms with Crippen molar-refractivity contribution < 1.29 is 4.79 Å². The van der Waals surface area contributed by atoms with Crippen LogP contribution in [0.15, 0.2) is 12.1 Å². The highest BCUT2D eigenvalue weighted by Gasteiger charge is 2.18. The van der Waals surface area contributed by atoms with Crippen molar-refractivity contribution in [3.8, 4) is 0 Å². The fourth-order valence-corrected chi connectivity index (χ4v) is 2.45. The molecule has 1 amide bonds. The molecule has 17 heavy (non-hydrogen) atoms. The normalized spacial score (nSPS) is 14.4. The highest BCUT2D eigenvalue weighted by Crippen LogP contribution is 2.31. The molecule has 2 rings (SSSR count). The molecule has 92 valence electrons. The third-order valence-corrected chi connectivity index (χ3v) is 3.27. The highest BCUT2D eigenvalue weighted by atomic mass is 35.5. The van der Waals surface area contributed by atoms with Crippen molar-refractivity contribution in [2.75, 3.05) is 11.9 Å². The van der Waals surface area contributed by atoms with Gasteiger partial charge >= 0.3 is 0 Å². The van der Waals surface area contributed by atoms with Crippen LogP contribution in [-0.2, 0) is 17.6 Å². The minimum absolute atomic E-state index is 0.0971. The first kappa shape index (κ1) is 12.4. The van der Waals surface area contributed by atoms with Crippen LogP contribution in [0.4, 0.5) is 5.69 Å². The second-order valence-electron chi connectivity index (χ2n) is 4.39. The quantitative estimate of drug-likeness (QED) is 0.809. The standard InChI is InChI=1S/C13H17ClN2O/c14-11-7-9(3-1-2-6-15)13-10(8-11)4-5-12(17)16-13/h7-8H,1-6,15H2,(H,16,17). The van der Waals surface area contributed by atoms with Crippen molar-refractivity contribution in [2.24, 2.45) is 5.73 Å². The third kappa shape index (κ3) is 2.99. The van der Waals surface area contributed by atoms with E-state index in [9.17, 15) is 4.79 Å². The van der Waals surface area contributed by atoms with Crippen LogP contribution in [0.5, 0.6) is 0 Å². The summed E-state index contributed by atoms with van der Waals surface area (Å²) in [6, 6.07) is 3.89. The van der Waals surface area contributed by atoms with Crippen LogP contribution in [0.1, 0.15) is 30.4 Å². The number of halogens is 1. The van der Waals surface area contributed by atoms with Crippen LogP contribution in [0, 0.1) is 0 Å². The Kier molecular flexibility index (Phi) is 4.02. The van der Waals surface area contributed by atoms with Crippen LogP contribution >= 0.6 is 11.6 Å². The largest absolute Gasteiger partial charge is 0.330 e. The fraction of sp³-hybridized carbons (Fsp3) is 0.462. The van der Waals surface area contributed by atoms with Gasteiger partial charge in [0.15, 0.2) is 0 Å². The Morgan fingerprint density at radius 1 is 1.29 bits per heavy atom. The number of rotatable bonds is 4. The number of hydrogen-bond donors (Lipinski definition) is 2. The van der Waals surface area contributed by atoms with Gasteiger partial charge in [0.05, 0.1) is 0 Å². The Balaban J connectivity index is 2.24. The van der Waals surface area contributed by atoms with Gasteiger partial charge in [-0.1, -0.05) is 11.6 Å². The topological polar surface area (TPSA) is 55.1 Å². The van der Waals surface area contributed by atoms with E-state index in [1.165, 1.54) is 0 Å². The average Bonchev–Trinajstić information content (AvgIpc) is 2.30. The minimum atomic E-state index is 0.0971. The third-order valence-electron chi connectivity index (χ3n) is 3.05. The van der Waals surface area contributed by atoms with Gasteiger partial charge in [-0.05, 0) is 55.5 Å². The molecule has 3 N–H and O–H groups in total. The lowest BCUT2D eigenvalue weighted by molar-refractivity contribution is -0.116. The smallest absolute Gasteiger partial charge is 0.224 e. The predicted molar refractivity (Wildman–Crippen MR) is 70.4 cm³/mol. The van der Waals surface area contributed by atoms with Crippen molar-refractivity contribution in [3.63, 3.8) is 0 Å². The molecule has 1 aliphatic rings. The zero-order valence-corrected chi connectivity index (χ0v) is 10.5. The number of unbranched alkanes of at least 4 members (excludes halogenated alkanes) is 1. The Hall–Kier alpha value is -1.06. The first-order chi connectivity index (χ1) is 8.20. The molecule has 0 radical (unpaired) electrons. The van der Waals surface area contributed by atoms with Gasteiger partial charge in [0.2, 0.25) is 5.91 Å². The van der Waals surface area contributed by atoms with E-state index < -0.39 is 0 Å². The summed E-state index contributed by atoms with van der Waals surface area (Å²) in [6.45, 7) is 0.703. The zero-order chi connectivity index (χ0) is 12.3. The van der Waals surface area contributed by atoms with Gasteiger partial charge in [0.25, 0.3) is 0 Å². The molecular formula is C13H17ClN2O. The summed E-state index contributed by atoms with van der Waals surface area (Å²) in [5, 5.41) is 3.71. The maximum absolute atomic E-state index is 11.4. The molecule has 1 aliphatic heterocycles. The number of benzene rings is 1. The van der Waals surface area contributed by atoms with Crippen LogP contribution < -0.4 is 11.1 Å². The molecule has 0 aromatic heterocycles. The zero-order valence-electron chi connectivity index (χ0n) is 9.76. The molecule has 3 nitrogen and oxygen atoms in total. The maximum Gasteiger partial charge on any atom is 0.224 e. The summed E-state index contributed by atoms with van der Waals surface area (Å²) in [7, 11) is 0. The number of hydrogen-bond acceptors (Lipinski definition) is 2. The Morgan fingerprint density at radius 3 is 2.88 bits per heavy atom. The monoisotopic (exact) mass is 252 g/mol. The van der Waals surface area contributed by atoms with Crippen LogP contribution in [0.3, 0.4) is 0 Å². The second-order valence-corrected chi connectivity index (χ2v) is 4.83. The van der Waals surface area contributed by atoms with Gasteiger partial charge in [-0.3, -0.25) is 4.79 Å². The van der Waals surface area contributed by atoms with Crippen molar-refractivity contribution in [2.45, 2.75) is 32.1 Å². The number of nitrogens with two attached hydrogens (primary N) is 1. The molecule has 0 saturated carbocycles. The van der Waals surface area contributed by atoms with E-state index in [0.29, 0.717) is 13.0 Å². The fourth-order valence-electron chi connectivity index (χ4n) is 2.19. The summed E-state index contributed by atoms with van der Waals surface area (Å²) >= 11 is 6.09. The summed E-state index contributed by atoms with van der Waals surface area (Å²) < 4.78 is 0. The van der Waals surface area contributed by atoms with E-state index in [1.807, 2.05) is 12.1 Å². The van der Waals surface area contributed by atoms with Crippen LogP contribution in [0.25, 0.3) is 0 Å². The van der Waals surface area contributed by atoms with Crippen molar-refractivity contribution in [3.05, 3.63) is 28.3 Å². The lowest BCUT2D eigenvalue weighted by atomic mass is 9.96. The molecule has 0 spiro atoms. The van der Waals surface area contributed by atoms with Crippen molar-refractivity contribution >= 4 is 23.2 Å². The maximum atomic E-state index is 11.4. The number of amides is 1. The van der Waals surface area contributed by atoms with Gasteiger partial charge in [0, 0.05) is 17.1 Å². The lowest BCUT2D eigenvalue weighted by Gasteiger charge is -2.20. The Labute approximate surface area is 106 Å². The van der Waals surface area contributed by atoms with Crippen LogP contribution in [0.2, 0.25) is 5.02 Å². The minimum Gasteiger partial charge on any atom is -0.330 e. The van der Waals surface area contributed by atoms with Gasteiger partial charge in [-0.15, -0.1) is 0 Å². The van der Waals surface area contributed by atoms with E-state index in [-0.39, 0.29) is 5.91 Å². The summed E-state index contributed by atoms with van der Waals surface area (Å²) in [4.78, 5) is 11.4. The molecule has 1 heterocycles. The first-order valence-corrected chi connectivity index (χ1v) is 6.39. The van der Waals surface area contributed by atoms with Crippen LogP contribution in [-0.4, -0.2) is 12.5 Å². The number of nitrogens with one attached hydrogen (secondary N) is 1. The van der Waals surface area contributed by atoms with E-state index in [2.05, 4.69) is 5.32 Å². The van der Waals surface area contributed by atoms with Gasteiger partial charge in [0.1, 0.15) is 0 Å². The Bertz CT molecular complexity index is 432. The van der Waals surface area contributed by atoms with Crippen molar-refractivity contribution in [1.82, 2.24) is 0 Å². The van der Waals surface area contributed by atoms with E-state index in [4.69, 9.17) is 17.3 Å². The molecule has 1 aromatic rings. The number of aryl methyl sites for hydroxylation is 2. The first-order valence-electron chi connectivity index (χ1n) is 6.02. The molecule has 4 heteroatoms. The molecule has 0 atom stereocenters. The molecule has 0 saturated heterocycles. The van der Waals surface area contributed by atoms with E-state index in [1.54, 1.807) is 0 Å². The number of carbonyl (C=O) groups is 1. The van der Waals surface area contributed by atoms with Gasteiger partial charge in [-0.25, -0.2) is 0 Å². The van der Waals surface area contributed by atoms with E-state index in [0.717, 1.165) is 47.5 Å². The molecule has 0 fully saturated rings. The molecule has 0 bridgehead atoms. The number of anilines is 1. The number of carbonyl (C=O) groups excluding carboxylic acids is 1. The average molecular weight is 253 g/mol. The number of fused-ring (bicyclic) bond motifs is 1. The lowest BCUT2D eigenvalue weighted by Crippen LogP contribution is -2.20. The van der Waals surface area contributed by atoms with Gasteiger partial charge < -0.3 is 11.1 Å². The summed E-state index contributed by atoms with van der Waals surface area (Å²) in [5.74, 6) is 0.0971. The van der Waals surface area contributed by atoms with Gasteiger partial charge in [-0.2, -0.15) is 0 Å². The molecule has 0 unspecified atom stereocenters. The predicted octanol–water partition coefficient (Wildman–Crippen LogP) is 2.51. The molecule has 0 aliphatic carbocycles. The highest BCUT2D eigenvalue weighted by molar-refractivity contribution is 6.30. The Morgan fingerprint density at radius 2 is 2.12 bits per heavy atom. The molecule has 1 aromatic carbocycles.